The Morgan fingerprint density at radius 2 is 1.62 bits per heavy atom. The number of carbonyl (C=O) groups excluding carboxylic acids is 1. The number of hydrogen-bond acceptors (Lipinski definition) is 4. The number of para-hydroxylation sites is 2. The fourth-order valence-electron chi connectivity index (χ4n) is 3.54. The number of pyridine rings is 1. The van der Waals surface area contributed by atoms with Gasteiger partial charge >= 0.3 is 0 Å². The Bertz CT molecular complexity index is 970. The third-order valence-electron chi connectivity index (χ3n) is 5.24. The number of nitrogens with zero attached hydrogens (tertiary/aromatic N) is 4. The number of amides is 1. The molecule has 6 heteroatoms. The predicted molar refractivity (Wildman–Crippen MR) is 113 cm³/mol. The van der Waals surface area contributed by atoms with Gasteiger partial charge in [-0.15, -0.1) is 0 Å². The lowest BCUT2D eigenvalue weighted by Crippen LogP contribution is -2.49. The number of anilines is 3. The molecule has 1 amide bonds. The molecule has 29 heavy (non-hydrogen) atoms. The molecule has 0 bridgehead atoms. The van der Waals surface area contributed by atoms with Crippen LogP contribution in [0.3, 0.4) is 0 Å². The van der Waals surface area contributed by atoms with Crippen molar-refractivity contribution >= 4 is 23.1 Å². The van der Waals surface area contributed by atoms with Gasteiger partial charge in [-0.05, 0) is 36.4 Å². The van der Waals surface area contributed by atoms with Gasteiger partial charge in [0.15, 0.2) is 0 Å². The zero-order valence-corrected chi connectivity index (χ0v) is 16.3. The maximum Gasteiger partial charge on any atom is 0.255 e. The SMILES string of the molecule is CN(c1ccccc1)c1ccc(C(=O)N2CCN(c3ccccc3F)CC2)cn1. The van der Waals surface area contributed by atoms with Crippen molar-refractivity contribution in [2.75, 3.05) is 43.0 Å². The second kappa shape index (κ2) is 8.31. The lowest BCUT2D eigenvalue weighted by molar-refractivity contribution is 0.0746. The van der Waals surface area contributed by atoms with E-state index >= 15 is 0 Å². The van der Waals surface area contributed by atoms with E-state index in [0.717, 1.165) is 11.5 Å². The quantitative estimate of drug-likeness (QED) is 0.676. The first-order valence-corrected chi connectivity index (χ1v) is 9.67. The van der Waals surface area contributed by atoms with Crippen molar-refractivity contribution < 1.29 is 9.18 Å². The average molecular weight is 390 g/mol. The van der Waals surface area contributed by atoms with Gasteiger partial charge in [0.05, 0.1) is 11.3 Å². The zero-order valence-electron chi connectivity index (χ0n) is 16.3. The van der Waals surface area contributed by atoms with Crippen LogP contribution in [0.5, 0.6) is 0 Å². The van der Waals surface area contributed by atoms with Crippen LogP contribution in [0.2, 0.25) is 0 Å². The maximum atomic E-state index is 14.0. The summed E-state index contributed by atoms with van der Waals surface area (Å²) in [7, 11) is 1.95. The molecule has 0 aliphatic carbocycles. The summed E-state index contributed by atoms with van der Waals surface area (Å²) in [5, 5.41) is 0. The van der Waals surface area contributed by atoms with E-state index in [1.165, 1.54) is 6.07 Å². The van der Waals surface area contributed by atoms with Crippen LogP contribution in [0.15, 0.2) is 72.9 Å². The predicted octanol–water partition coefficient (Wildman–Crippen LogP) is 3.95. The van der Waals surface area contributed by atoms with Gasteiger partial charge in [-0.1, -0.05) is 30.3 Å². The molecule has 2 heterocycles. The van der Waals surface area contributed by atoms with Crippen molar-refractivity contribution in [2.45, 2.75) is 0 Å². The van der Waals surface area contributed by atoms with Gasteiger partial charge in [0.2, 0.25) is 0 Å². The maximum absolute atomic E-state index is 14.0. The number of aromatic nitrogens is 1. The molecule has 148 valence electrons. The summed E-state index contributed by atoms with van der Waals surface area (Å²) >= 11 is 0. The summed E-state index contributed by atoms with van der Waals surface area (Å²) in [4.78, 5) is 23.1. The van der Waals surface area contributed by atoms with Crippen LogP contribution in [-0.4, -0.2) is 49.0 Å². The molecule has 1 fully saturated rings. The Kier molecular flexibility index (Phi) is 5.42. The van der Waals surface area contributed by atoms with E-state index in [1.807, 2.05) is 65.4 Å². The number of piperazine rings is 1. The summed E-state index contributed by atoms with van der Waals surface area (Å²) in [6.07, 6.45) is 1.63. The van der Waals surface area contributed by atoms with Gasteiger partial charge in [-0.2, -0.15) is 0 Å². The van der Waals surface area contributed by atoms with E-state index in [2.05, 4.69) is 4.98 Å². The molecule has 1 aliphatic heterocycles. The first kappa shape index (κ1) is 18.9. The zero-order chi connectivity index (χ0) is 20.2. The fourth-order valence-corrected chi connectivity index (χ4v) is 3.54. The Hall–Kier alpha value is -3.41. The molecule has 0 radical (unpaired) electrons. The summed E-state index contributed by atoms with van der Waals surface area (Å²) in [5.41, 5.74) is 2.19. The van der Waals surface area contributed by atoms with Crippen molar-refractivity contribution in [3.05, 3.63) is 84.3 Å². The molecule has 1 saturated heterocycles. The highest BCUT2D eigenvalue weighted by Crippen LogP contribution is 2.23. The minimum atomic E-state index is -0.227. The first-order valence-electron chi connectivity index (χ1n) is 9.67. The lowest BCUT2D eigenvalue weighted by Gasteiger charge is -2.36. The summed E-state index contributed by atoms with van der Waals surface area (Å²) < 4.78 is 14.0. The number of carbonyl (C=O) groups is 1. The standard InChI is InChI=1S/C23H23FN4O/c1-26(19-7-3-2-4-8-19)22-12-11-18(17-25-22)23(29)28-15-13-27(14-16-28)21-10-6-5-9-20(21)24/h2-12,17H,13-16H2,1H3. The largest absolute Gasteiger partial charge is 0.366 e. The Labute approximate surface area is 170 Å². The lowest BCUT2D eigenvalue weighted by atomic mass is 10.2. The Balaban J connectivity index is 1.40. The molecule has 0 spiro atoms. The van der Waals surface area contributed by atoms with Crippen molar-refractivity contribution in [1.82, 2.24) is 9.88 Å². The van der Waals surface area contributed by atoms with E-state index in [4.69, 9.17) is 0 Å². The van der Waals surface area contributed by atoms with E-state index in [-0.39, 0.29) is 11.7 Å². The molecule has 5 nitrogen and oxygen atoms in total. The molecule has 1 aromatic heterocycles. The second-order valence-electron chi connectivity index (χ2n) is 7.03. The highest BCUT2D eigenvalue weighted by atomic mass is 19.1. The third-order valence-corrected chi connectivity index (χ3v) is 5.24. The van der Waals surface area contributed by atoms with Crippen molar-refractivity contribution in [2.24, 2.45) is 0 Å². The summed E-state index contributed by atoms with van der Waals surface area (Å²) in [6.45, 7) is 2.32. The van der Waals surface area contributed by atoms with E-state index in [0.29, 0.717) is 37.4 Å². The molecular formula is C23H23FN4O. The van der Waals surface area contributed by atoms with Crippen molar-refractivity contribution in [3.63, 3.8) is 0 Å². The number of hydrogen-bond donors (Lipinski definition) is 0. The van der Waals surface area contributed by atoms with E-state index < -0.39 is 0 Å². The molecule has 4 rings (SSSR count). The number of rotatable bonds is 4. The average Bonchev–Trinajstić information content (AvgIpc) is 2.79. The molecular weight excluding hydrogens is 367 g/mol. The normalized spacial score (nSPS) is 14.0. The fraction of sp³-hybridized carbons (Fsp3) is 0.217. The van der Waals surface area contributed by atoms with Gasteiger partial charge in [0.25, 0.3) is 5.91 Å². The molecule has 1 aliphatic rings. The first-order chi connectivity index (χ1) is 14.1. The van der Waals surface area contributed by atoms with Crippen LogP contribution in [0.25, 0.3) is 0 Å². The van der Waals surface area contributed by atoms with Gasteiger partial charge in [-0.3, -0.25) is 4.79 Å². The topological polar surface area (TPSA) is 39.7 Å². The van der Waals surface area contributed by atoms with Crippen LogP contribution in [0.1, 0.15) is 10.4 Å². The van der Waals surface area contributed by atoms with Crippen LogP contribution >= 0.6 is 0 Å². The Morgan fingerprint density at radius 1 is 0.931 bits per heavy atom. The highest BCUT2D eigenvalue weighted by Gasteiger charge is 2.23. The minimum absolute atomic E-state index is 0.0420. The monoisotopic (exact) mass is 390 g/mol. The van der Waals surface area contributed by atoms with Crippen LogP contribution < -0.4 is 9.80 Å². The molecule has 0 N–H and O–H groups in total. The van der Waals surface area contributed by atoms with Gasteiger partial charge in [0, 0.05) is 45.1 Å². The molecule has 0 unspecified atom stereocenters. The van der Waals surface area contributed by atoms with Crippen molar-refractivity contribution in [1.29, 1.82) is 0 Å². The highest BCUT2D eigenvalue weighted by molar-refractivity contribution is 5.94. The number of benzene rings is 2. The number of halogens is 1. The van der Waals surface area contributed by atoms with E-state index in [1.54, 1.807) is 23.2 Å². The molecule has 0 saturated carbocycles. The second-order valence-corrected chi connectivity index (χ2v) is 7.03. The molecule has 2 aromatic carbocycles. The van der Waals surface area contributed by atoms with Crippen LogP contribution in [-0.2, 0) is 0 Å². The molecule has 0 atom stereocenters. The van der Waals surface area contributed by atoms with E-state index in [9.17, 15) is 9.18 Å². The van der Waals surface area contributed by atoms with Crippen molar-refractivity contribution in [3.8, 4) is 0 Å². The summed E-state index contributed by atoms with van der Waals surface area (Å²) in [5.74, 6) is 0.506. The van der Waals surface area contributed by atoms with Crippen LogP contribution in [0.4, 0.5) is 21.6 Å². The van der Waals surface area contributed by atoms with Gasteiger partial charge in [-0.25, -0.2) is 9.37 Å². The third kappa shape index (κ3) is 4.06. The molecule has 3 aromatic rings. The Morgan fingerprint density at radius 3 is 2.28 bits per heavy atom. The minimum Gasteiger partial charge on any atom is -0.366 e. The van der Waals surface area contributed by atoms with Gasteiger partial charge in [0.1, 0.15) is 11.6 Å². The van der Waals surface area contributed by atoms with Crippen LogP contribution in [0, 0.1) is 5.82 Å². The smallest absolute Gasteiger partial charge is 0.255 e. The summed E-state index contributed by atoms with van der Waals surface area (Å²) in [6, 6.07) is 20.4. The van der Waals surface area contributed by atoms with Gasteiger partial charge < -0.3 is 14.7 Å².